The molecular weight excluding hydrogens is 349 g/mol. The Hall–Kier alpha value is -1.36. The van der Waals surface area contributed by atoms with E-state index in [4.69, 9.17) is 4.42 Å². The summed E-state index contributed by atoms with van der Waals surface area (Å²) in [6.07, 6.45) is 0. The van der Waals surface area contributed by atoms with E-state index in [-0.39, 0.29) is 0 Å². The Morgan fingerprint density at radius 3 is 2.68 bits per heavy atom. The van der Waals surface area contributed by atoms with Gasteiger partial charge in [0.1, 0.15) is 5.52 Å². The van der Waals surface area contributed by atoms with Crippen molar-refractivity contribution >= 4 is 33.7 Å². The van der Waals surface area contributed by atoms with E-state index >= 15 is 0 Å². The highest BCUT2D eigenvalue weighted by atomic mass is 127. The SMILES string of the molecule is CC(C)c1ccc2oc(-c3cccc(I)c3)nc2c1. The van der Waals surface area contributed by atoms with Crippen LogP contribution in [0.3, 0.4) is 0 Å². The van der Waals surface area contributed by atoms with E-state index in [0.717, 1.165) is 16.7 Å². The average Bonchev–Trinajstić information content (AvgIpc) is 2.81. The fraction of sp³-hybridized carbons (Fsp3) is 0.188. The lowest BCUT2D eigenvalue weighted by molar-refractivity contribution is 0.619. The highest BCUT2D eigenvalue weighted by molar-refractivity contribution is 14.1. The van der Waals surface area contributed by atoms with Crippen molar-refractivity contribution in [3.05, 3.63) is 51.6 Å². The number of oxazole rings is 1. The second-order valence-corrected chi connectivity index (χ2v) is 6.16. The second kappa shape index (κ2) is 4.96. The number of hydrogen-bond donors (Lipinski definition) is 0. The molecule has 0 aliphatic rings. The Kier molecular flexibility index (Phi) is 3.31. The van der Waals surface area contributed by atoms with E-state index in [1.165, 1.54) is 9.13 Å². The molecule has 0 spiro atoms. The van der Waals surface area contributed by atoms with Gasteiger partial charge < -0.3 is 4.42 Å². The van der Waals surface area contributed by atoms with Crippen LogP contribution < -0.4 is 0 Å². The van der Waals surface area contributed by atoms with Crippen LogP contribution >= 0.6 is 22.6 Å². The maximum Gasteiger partial charge on any atom is 0.227 e. The van der Waals surface area contributed by atoms with E-state index in [2.05, 4.69) is 65.7 Å². The molecule has 19 heavy (non-hydrogen) atoms. The van der Waals surface area contributed by atoms with E-state index in [9.17, 15) is 0 Å². The van der Waals surface area contributed by atoms with Gasteiger partial charge in [0.15, 0.2) is 5.58 Å². The highest BCUT2D eigenvalue weighted by Crippen LogP contribution is 2.27. The first-order chi connectivity index (χ1) is 9.13. The first-order valence-electron chi connectivity index (χ1n) is 6.30. The maximum absolute atomic E-state index is 5.83. The predicted molar refractivity (Wildman–Crippen MR) is 86.3 cm³/mol. The van der Waals surface area contributed by atoms with Crippen LogP contribution in [-0.4, -0.2) is 4.98 Å². The topological polar surface area (TPSA) is 26.0 Å². The van der Waals surface area contributed by atoms with E-state index in [1.54, 1.807) is 0 Å². The van der Waals surface area contributed by atoms with Gasteiger partial charge in [-0.25, -0.2) is 4.98 Å². The summed E-state index contributed by atoms with van der Waals surface area (Å²) < 4.78 is 7.01. The molecule has 0 atom stereocenters. The molecule has 0 saturated carbocycles. The van der Waals surface area contributed by atoms with Gasteiger partial charge in [0.05, 0.1) is 0 Å². The van der Waals surface area contributed by atoms with Crippen molar-refractivity contribution in [2.45, 2.75) is 19.8 Å². The molecule has 0 unspecified atom stereocenters. The molecule has 3 heteroatoms. The van der Waals surface area contributed by atoms with Crippen LogP contribution in [0.2, 0.25) is 0 Å². The second-order valence-electron chi connectivity index (χ2n) is 4.91. The summed E-state index contributed by atoms with van der Waals surface area (Å²) in [6.45, 7) is 4.36. The lowest BCUT2D eigenvalue weighted by Crippen LogP contribution is -1.85. The zero-order valence-electron chi connectivity index (χ0n) is 10.9. The summed E-state index contributed by atoms with van der Waals surface area (Å²) in [5, 5.41) is 0. The highest BCUT2D eigenvalue weighted by Gasteiger charge is 2.10. The first kappa shape index (κ1) is 12.7. The van der Waals surface area contributed by atoms with Crippen molar-refractivity contribution in [3.8, 4) is 11.5 Å². The lowest BCUT2D eigenvalue weighted by atomic mass is 10.0. The number of halogens is 1. The van der Waals surface area contributed by atoms with E-state index in [0.29, 0.717) is 11.8 Å². The van der Waals surface area contributed by atoms with Gasteiger partial charge in [0.25, 0.3) is 0 Å². The molecule has 0 radical (unpaired) electrons. The summed E-state index contributed by atoms with van der Waals surface area (Å²) in [7, 11) is 0. The van der Waals surface area contributed by atoms with Crippen molar-refractivity contribution in [3.63, 3.8) is 0 Å². The Bertz CT molecular complexity index is 730. The van der Waals surface area contributed by atoms with Gasteiger partial charge in [-0.05, 0) is 64.4 Å². The van der Waals surface area contributed by atoms with Gasteiger partial charge in [0.2, 0.25) is 5.89 Å². The van der Waals surface area contributed by atoms with Crippen LogP contribution in [-0.2, 0) is 0 Å². The smallest absolute Gasteiger partial charge is 0.227 e. The standard InChI is InChI=1S/C16H14INO/c1-10(2)11-6-7-15-14(9-11)18-16(19-15)12-4-3-5-13(17)8-12/h3-10H,1-2H3. The summed E-state index contributed by atoms with van der Waals surface area (Å²) >= 11 is 2.30. The summed E-state index contributed by atoms with van der Waals surface area (Å²) in [5.74, 6) is 1.19. The minimum atomic E-state index is 0.502. The molecule has 0 saturated heterocycles. The molecule has 1 heterocycles. The van der Waals surface area contributed by atoms with Gasteiger partial charge in [-0.3, -0.25) is 0 Å². The number of nitrogens with zero attached hydrogens (tertiary/aromatic N) is 1. The zero-order chi connectivity index (χ0) is 13.4. The van der Waals surface area contributed by atoms with Gasteiger partial charge in [-0.15, -0.1) is 0 Å². The molecule has 3 rings (SSSR count). The van der Waals surface area contributed by atoms with E-state index < -0.39 is 0 Å². The average molecular weight is 363 g/mol. The largest absolute Gasteiger partial charge is 0.436 e. The van der Waals surface area contributed by atoms with Crippen molar-refractivity contribution in [1.29, 1.82) is 0 Å². The molecule has 3 aromatic rings. The Balaban J connectivity index is 2.11. The third-order valence-corrected chi connectivity index (χ3v) is 3.82. The summed E-state index contributed by atoms with van der Waals surface area (Å²) in [6, 6.07) is 14.4. The summed E-state index contributed by atoms with van der Waals surface area (Å²) in [4.78, 5) is 4.60. The predicted octanol–water partition coefficient (Wildman–Crippen LogP) is 5.22. The van der Waals surface area contributed by atoms with Crippen molar-refractivity contribution in [2.75, 3.05) is 0 Å². The van der Waals surface area contributed by atoms with Crippen LogP contribution in [0.25, 0.3) is 22.6 Å². The maximum atomic E-state index is 5.83. The molecule has 96 valence electrons. The lowest BCUT2D eigenvalue weighted by Gasteiger charge is -2.02. The minimum absolute atomic E-state index is 0.502. The molecule has 0 N–H and O–H groups in total. The van der Waals surface area contributed by atoms with Crippen LogP contribution in [0.5, 0.6) is 0 Å². The number of hydrogen-bond acceptors (Lipinski definition) is 2. The van der Waals surface area contributed by atoms with E-state index in [1.807, 2.05) is 18.2 Å². The molecule has 2 nitrogen and oxygen atoms in total. The number of aromatic nitrogens is 1. The van der Waals surface area contributed by atoms with Crippen LogP contribution in [0.15, 0.2) is 46.9 Å². The van der Waals surface area contributed by atoms with Crippen LogP contribution in [0.1, 0.15) is 25.3 Å². The molecular formula is C16H14INO. The molecule has 2 aromatic carbocycles. The van der Waals surface area contributed by atoms with Gasteiger partial charge in [-0.2, -0.15) is 0 Å². The normalized spacial score (nSPS) is 11.4. The third-order valence-electron chi connectivity index (χ3n) is 3.15. The Morgan fingerprint density at radius 1 is 1.11 bits per heavy atom. The van der Waals surface area contributed by atoms with Crippen LogP contribution in [0, 0.1) is 3.57 Å². The molecule has 0 aliphatic carbocycles. The van der Waals surface area contributed by atoms with Gasteiger partial charge >= 0.3 is 0 Å². The number of fused-ring (bicyclic) bond motifs is 1. The molecule has 1 aromatic heterocycles. The molecule has 0 aliphatic heterocycles. The Morgan fingerprint density at radius 2 is 1.95 bits per heavy atom. The molecule has 0 amide bonds. The fourth-order valence-electron chi connectivity index (χ4n) is 2.05. The van der Waals surface area contributed by atoms with Crippen molar-refractivity contribution < 1.29 is 4.42 Å². The minimum Gasteiger partial charge on any atom is -0.436 e. The summed E-state index contributed by atoms with van der Waals surface area (Å²) in [5.41, 5.74) is 4.09. The van der Waals surface area contributed by atoms with Gasteiger partial charge in [0, 0.05) is 9.13 Å². The van der Waals surface area contributed by atoms with Crippen molar-refractivity contribution in [2.24, 2.45) is 0 Å². The fourth-order valence-corrected chi connectivity index (χ4v) is 2.59. The number of rotatable bonds is 2. The van der Waals surface area contributed by atoms with Gasteiger partial charge in [-0.1, -0.05) is 26.0 Å². The van der Waals surface area contributed by atoms with Crippen LogP contribution in [0.4, 0.5) is 0 Å². The quantitative estimate of drug-likeness (QED) is 0.584. The molecule has 0 bridgehead atoms. The first-order valence-corrected chi connectivity index (χ1v) is 7.38. The third kappa shape index (κ3) is 2.52. The Labute approximate surface area is 126 Å². The molecule has 0 fully saturated rings. The van der Waals surface area contributed by atoms with Crippen molar-refractivity contribution in [1.82, 2.24) is 4.98 Å². The monoisotopic (exact) mass is 363 g/mol. The number of benzene rings is 2. The zero-order valence-corrected chi connectivity index (χ0v) is 13.0.